The van der Waals surface area contributed by atoms with Crippen molar-refractivity contribution in [2.45, 2.75) is 0 Å². The molecule has 0 aliphatic carbocycles. The highest BCUT2D eigenvalue weighted by Crippen LogP contribution is 2.19. The molecule has 22 heavy (non-hydrogen) atoms. The van der Waals surface area contributed by atoms with Gasteiger partial charge in [-0.1, -0.05) is 48.5 Å². The fraction of sp³-hybridized carbons (Fsp3) is 0.0588. The van der Waals surface area contributed by atoms with Gasteiger partial charge < -0.3 is 0 Å². The molecule has 0 saturated heterocycles. The van der Waals surface area contributed by atoms with Crippen molar-refractivity contribution in [3.63, 3.8) is 0 Å². The number of aromatic amines is 1. The lowest BCUT2D eigenvalue weighted by atomic mass is 10.1. The molecule has 1 aliphatic heterocycles. The molecule has 0 unspecified atom stereocenters. The van der Waals surface area contributed by atoms with Crippen LogP contribution in [-0.4, -0.2) is 22.8 Å². The molecule has 4 rings (SSSR count). The first-order valence-electron chi connectivity index (χ1n) is 7.05. The van der Waals surface area contributed by atoms with Gasteiger partial charge in [-0.05, 0) is 17.7 Å². The Morgan fingerprint density at radius 1 is 1.00 bits per heavy atom. The third kappa shape index (κ3) is 2.27. The van der Waals surface area contributed by atoms with Crippen molar-refractivity contribution >= 4 is 28.9 Å². The fourth-order valence-electron chi connectivity index (χ4n) is 2.51. The van der Waals surface area contributed by atoms with Gasteiger partial charge in [-0.15, -0.1) is 0 Å². The van der Waals surface area contributed by atoms with Gasteiger partial charge in [0.15, 0.2) is 12.6 Å². The van der Waals surface area contributed by atoms with E-state index in [0.717, 1.165) is 33.6 Å². The molecule has 3 aromatic rings. The van der Waals surface area contributed by atoms with Crippen LogP contribution >= 0.6 is 0 Å². The summed E-state index contributed by atoms with van der Waals surface area (Å²) in [7, 11) is 0. The van der Waals surface area contributed by atoms with E-state index in [4.69, 9.17) is 4.84 Å². The monoisotopic (exact) mass is 290 g/mol. The second-order valence-corrected chi connectivity index (χ2v) is 4.96. The van der Waals surface area contributed by atoms with E-state index in [1.807, 2.05) is 54.6 Å². The predicted octanol–water partition coefficient (Wildman–Crippen LogP) is 2.97. The van der Waals surface area contributed by atoms with Crippen LogP contribution < -0.4 is 5.48 Å². The van der Waals surface area contributed by atoms with Crippen LogP contribution in [-0.2, 0) is 4.84 Å². The summed E-state index contributed by atoms with van der Waals surface area (Å²) in [6, 6.07) is 16.1. The minimum absolute atomic E-state index is 0.345. The van der Waals surface area contributed by atoms with Crippen LogP contribution in [0.5, 0.6) is 0 Å². The molecule has 1 aliphatic rings. The number of nitrogens with zero attached hydrogens (tertiary/aromatic N) is 2. The summed E-state index contributed by atoms with van der Waals surface area (Å²) in [5, 5.41) is 8.50. The highest BCUT2D eigenvalue weighted by molar-refractivity contribution is 6.02. The molecule has 0 amide bonds. The van der Waals surface area contributed by atoms with E-state index in [0.29, 0.717) is 6.73 Å². The Labute approximate surface area is 127 Å². The zero-order valence-electron chi connectivity index (χ0n) is 11.8. The summed E-state index contributed by atoms with van der Waals surface area (Å²) >= 11 is 0. The molecule has 2 aromatic carbocycles. The Balaban J connectivity index is 1.71. The quantitative estimate of drug-likeness (QED) is 0.779. The number of hydrogen-bond acceptors (Lipinski definition) is 4. The normalized spacial score (nSPS) is 14.5. The summed E-state index contributed by atoms with van der Waals surface area (Å²) in [5.74, 6) is 0.757. The molecule has 5 heteroatoms. The van der Waals surface area contributed by atoms with Gasteiger partial charge in [0.1, 0.15) is 0 Å². The summed E-state index contributed by atoms with van der Waals surface area (Å²) in [4.78, 5) is 9.37. The number of rotatable bonds is 3. The second kappa shape index (κ2) is 5.46. The zero-order valence-corrected chi connectivity index (χ0v) is 11.8. The highest BCUT2D eigenvalue weighted by Gasteiger charge is 2.11. The Morgan fingerprint density at radius 3 is 2.77 bits per heavy atom. The van der Waals surface area contributed by atoms with E-state index in [2.05, 4.69) is 26.7 Å². The maximum Gasteiger partial charge on any atom is 0.167 e. The molecule has 0 atom stereocenters. The SMILES string of the molecule is C(=C\c1n[nH]c2ccccc12)/c1ccccc1C1=NCON1. The maximum absolute atomic E-state index is 5.08. The molecule has 0 radical (unpaired) electrons. The number of H-pyrrole nitrogens is 1. The van der Waals surface area contributed by atoms with Crippen molar-refractivity contribution in [3.05, 3.63) is 65.4 Å². The molecule has 0 fully saturated rings. The van der Waals surface area contributed by atoms with Crippen LogP contribution in [0.2, 0.25) is 0 Å². The molecule has 0 bridgehead atoms. The van der Waals surface area contributed by atoms with E-state index in [-0.39, 0.29) is 0 Å². The number of nitrogens with one attached hydrogen (secondary N) is 2. The topological polar surface area (TPSA) is 62.3 Å². The third-order valence-electron chi connectivity index (χ3n) is 3.59. The van der Waals surface area contributed by atoms with Gasteiger partial charge in [0.25, 0.3) is 0 Å². The van der Waals surface area contributed by atoms with Crippen LogP contribution in [0.4, 0.5) is 0 Å². The first-order chi connectivity index (χ1) is 10.9. The summed E-state index contributed by atoms with van der Waals surface area (Å²) in [5.41, 5.74) is 6.85. The van der Waals surface area contributed by atoms with Crippen molar-refractivity contribution in [2.24, 2.45) is 4.99 Å². The molecular formula is C17H14N4O. The molecule has 0 saturated carbocycles. The summed E-state index contributed by atoms with van der Waals surface area (Å²) in [6.07, 6.45) is 4.05. The van der Waals surface area contributed by atoms with Gasteiger partial charge in [-0.3, -0.25) is 9.94 Å². The van der Waals surface area contributed by atoms with Crippen molar-refractivity contribution in [1.29, 1.82) is 0 Å². The Hall–Kier alpha value is -2.92. The lowest BCUT2D eigenvalue weighted by Crippen LogP contribution is -2.18. The Bertz CT molecular complexity index is 879. The number of benzene rings is 2. The lowest BCUT2D eigenvalue weighted by molar-refractivity contribution is 0.115. The number of fused-ring (bicyclic) bond motifs is 1. The first-order valence-corrected chi connectivity index (χ1v) is 7.05. The number of amidine groups is 1. The van der Waals surface area contributed by atoms with Gasteiger partial charge in [0.05, 0.1) is 11.2 Å². The van der Waals surface area contributed by atoms with E-state index in [9.17, 15) is 0 Å². The summed E-state index contributed by atoms with van der Waals surface area (Å²) in [6.45, 7) is 0.345. The van der Waals surface area contributed by atoms with Crippen LogP contribution in [0.25, 0.3) is 23.1 Å². The van der Waals surface area contributed by atoms with E-state index >= 15 is 0 Å². The number of aromatic nitrogens is 2. The van der Waals surface area contributed by atoms with Crippen molar-refractivity contribution in [3.8, 4) is 0 Å². The molecule has 1 aromatic heterocycles. The van der Waals surface area contributed by atoms with E-state index in [1.165, 1.54) is 0 Å². The van der Waals surface area contributed by atoms with Crippen molar-refractivity contribution in [2.75, 3.05) is 6.73 Å². The van der Waals surface area contributed by atoms with Crippen LogP contribution in [0.15, 0.2) is 53.5 Å². The smallest absolute Gasteiger partial charge is 0.167 e. The molecule has 5 nitrogen and oxygen atoms in total. The molecular weight excluding hydrogens is 276 g/mol. The van der Waals surface area contributed by atoms with E-state index < -0.39 is 0 Å². The third-order valence-corrected chi connectivity index (χ3v) is 3.59. The van der Waals surface area contributed by atoms with Gasteiger partial charge in [0.2, 0.25) is 0 Å². The van der Waals surface area contributed by atoms with Crippen LogP contribution in [0.3, 0.4) is 0 Å². The van der Waals surface area contributed by atoms with Crippen LogP contribution in [0.1, 0.15) is 16.8 Å². The van der Waals surface area contributed by atoms with Crippen LogP contribution in [0, 0.1) is 0 Å². The number of para-hydroxylation sites is 1. The van der Waals surface area contributed by atoms with E-state index in [1.54, 1.807) is 0 Å². The van der Waals surface area contributed by atoms with Gasteiger partial charge in [-0.2, -0.15) is 5.10 Å². The lowest BCUT2D eigenvalue weighted by Gasteiger charge is -2.05. The Kier molecular flexibility index (Phi) is 3.18. The first kappa shape index (κ1) is 12.8. The Morgan fingerprint density at radius 2 is 1.86 bits per heavy atom. The van der Waals surface area contributed by atoms with Gasteiger partial charge in [0, 0.05) is 10.9 Å². The minimum Gasteiger partial charge on any atom is -0.277 e. The second-order valence-electron chi connectivity index (χ2n) is 4.96. The number of hydrogen-bond donors (Lipinski definition) is 2. The standard InChI is InChI=1S/C17H14N4O/c1-2-6-13(17-18-11-22-21-17)12(5-1)9-10-16-14-7-3-4-8-15(14)19-20-16/h1-10H,11H2,(H,18,21)(H,19,20)/b10-9+. The molecule has 2 heterocycles. The molecule has 2 N–H and O–H groups in total. The average molecular weight is 290 g/mol. The predicted molar refractivity (Wildman–Crippen MR) is 87.1 cm³/mol. The van der Waals surface area contributed by atoms with Gasteiger partial charge in [-0.25, -0.2) is 10.5 Å². The average Bonchev–Trinajstić information content (AvgIpc) is 3.23. The maximum atomic E-state index is 5.08. The fourth-order valence-corrected chi connectivity index (χ4v) is 2.51. The van der Waals surface area contributed by atoms with Crippen molar-refractivity contribution in [1.82, 2.24) is 15.7 Å². The number of aliphatic imine (C=N–C) groups is 1. The highest BCUT2D eigenvalue weighted by atomic mass is 16.7. The minimum atomic E-state index is 0.345. The zero-order chi connectivity index (χ0) is 14.8. The van der Waals surface area contributed by atoms with Crippen molar-refractivity contribution < 1.29 is 4.84 Å². The molecule has 0 spiro atoms. The largest absolute Gasteiger partial charge is 0.277 e. The molecule has 108 valence electrons. The van der Waals surface area contributed by atoms with Gasteiger partial charge >= 0.3 is 0 Å². The summed E-state index contributed by atoms with van der Waals surface area (Å²) < 4.78 is 0. The number of hydroxylamine groups is 1.